The molecule has 0 atom stereocenters. The van der Waals surface area contributed by atoms with Gasteiger partial charge < -0.3 is 14.6 Å². The first-order valence-corrected chi connectivity index (χ1v) is 7.57. The molecule has 2 aromatic rings. The van der Waals surface area contributed by atoms with Crippen LogP contribution in [0.5, 0.6) is 5.75 Å². The molecule has 0 aliphatic rings. The standard InChI is InChI=1S/C14H17BrClN3O/c1-3-17-7-10-6-11(15)4-5-12(10)20-9-14-18-8-13(16)19(14)2/h4-6,8,17H,3,7,9H2,1-2H3. The van der Waals surface area contributed by atoms with Gasteiger partial charge in [-0.1, -0.05) is 34.5 Å². The highest BCUT2D eigenvalue weighted by Gasteiger charge is 2.08. The number of hydrogen-bond acceptors (Lipinski definition) is 3. The van der Waals surface area contributed by atoms with Gasteiger partial charge in [-0.15, -0.1) is 0 Å². The predicted molar refractivity (Wildman–Crippen MR) is 84.1 cm³/mol. The van der Waals surface area contributed by atoms with E-state index < -0.39 is 0 Å². The summed E-state index contributed by atoms with van der Waals surface area (Å²) in [5.74, 6) is 1.65. The van der Waals surface area contributed by atoms with Crippen molar-refractivity contribution in [2.24, 2.45) is 7.05 Å². The minimum Gasteiger partial charge on any atom is -0.485 e. The second-order valence-electron chi connectivity index (χ2n) is 4.38. The smallest absolute Gasteiger partial charge is 0.147 e. The molecular weight excluding hydrogens is 342 g/mol. The van der Waals surface area contributed by atoms with Gasteiger partial charge in [0.25, 0.3) is 0 Å². The highest BCUT2D eigenvalue weighted by Crippen LogP contribution is 2.24. The summed E-state index contributed by atoms with van der Waals surface area (Å²) in [7, 11) is 1.87. The van der Waals surface area contributed by atoms with Crippen molar-refractivity contribution in [1.82, 2.24) is 14.9 Å². The van der Waals surface area contributed by atoms with Gasteiger partial charge in [0, 0.05) is 23.6 Å². The number of aromatic nitrogens is 2. The van der Waals surface area contributed by atoms with Crippen LogP contribution >= 0.6 is 27.5 Å². The number of nitrogens with one attached hydrogen (secondary N) is 1. The van der Waals surface area contributed by atoms with Crippen LogP contribution in [0.15, 0.2) is 28.9 Å². The first-order valence-electron chi connectivity index (χ1n) is 6.40. The third kappa shape index (κ3) is 3.75. The van der Waals surface area contributed by atoms with E-state index in [0.29, 0.717) is 11.8 Å². The summed E-state index contributed by atoms with van der Waals surface area (Å²) in [5.41, 5.74) is 1.11. The van der Waals surface area contributed by atoms with Crippen molar-refractivity contribution in [3.63, 3.8) is 0 Å². The summed E-state index contributed by atoms with van der Waals surface area (Å²) in [6.45, 7) is 4.16. The van der Waals surface area contributed by atoms with Crippen LogP contribution in [0.1, 0.15) is 18.3 Å². The van der Waals surface area contributed by atoms with Crippen molar-refractivity contribution in [2.75, 3.05) is 6.54 Å². The molecule has 0 spiro atoms. The fourth-order valence-corrected chi connectivity index (χ4v) is 2.34. The molecule has 1 aromatic heterocycles. The molecule has 4 nitrogen and oxygen atoms in total. The lowest BCUT2D eigenvalue weighted by atomic mass is 10.2. The molecule has 2 rings (SSSR count). The average molecular weight is 359 g/mol. The molecule has 20 heavy (non-hydrogen) atoms. The van der Waals surface area contributed by atoms with Gasteiger partial charge in [-0.3, -0.25) is 0 Å². The quantitative estimate of drug-likeness (QED) is 0.858. The highest BCUT2D eigenvalue weighted by molar-refractivity contribution is 9.10. The fraction of sp³-hybridized carbons (Fsp3) is 0.357. The molecule has 0 aliphatic heterocycles. The number of benzene rings is 1. The minimum atomic E-state index is 0.393. The zero-order valence-corrected chi connectivity index (χ0v) is 13.8. The summed E-state index contributed by atoms with van der Waals surface area (Å²) in [4.78, 5) is 4.22. The van der Waals surface area contributed by atoms with Gasteiger partial charge in [0.15, 0.2) is 0 Å². The normalized spacial score (nSPS) is 10.8. The predicted octanol–water partition coefficient (Wildman–Crippen LogP) is 3.52. The van der Waals surface area contributed by atoms with Crippen molar-refractivity contribution in [3.05, 3.63) is 45.4 Å². The zero-order valence-electron chi connectivity index (χ0n) is 11.5. The third-order valence-electron chi connectivity index (χ3n) is 2.97. The molecule has 0 saturated carbocycles. The Hall–Kier alpha value is -1.04. The van der Waals surface area contributed by atoms with Crippen LogP contribution in [0.4, 0.5) is 0 Å². The maximum absolute atomic E-state index is 5.96. The van der Waals surface area contributed by atoms with Gasteiger partial charge in [0.05, 0.1) is 6.20 Å². The molecule has 6 heteroatoms. The summed E-state index contributed by atoms with van der Waals surface area (Å²) in [5, 5.41) is 3.91. The van der Waals surface area contributed by atoms with Gasteiger partial charge in [-0.05, 0) is 24.7 Å². The Morgan fingerprint density at radius 2 is 2.25 bits per heavy atom. The van der Waals surface area contributed by atoms with Crippen molar-refractivity contribution < 1.29 is 4.74 Å². The van der Waals surface area contributed by atoms with E-state index in [1.54, 1.807) is 6.20 Å². The summed E-state index contributed by atoms with van der Waals surface area (Å²) >= 11 is 9.44. The number of ether oxygens (including phenoxy) is 1. The number of imidazole rings is 1. The second-order valence-corrected chi connectivity index (χ2v) is 5.68. The second kappa shape index (κ2) is 7.11. The maximum atomic E-state index is 5.96. The number of rotatable bonds is 6. The lowest BCUT2D eigenvalue weighted by molar-refractivity contribution is 0.288. The molecule has 108 valence electrons. The van der Waals surface area contributed by atoms with E-state index in [1.807, 2.05) is 23.7 Å². The lowest BCUT2D eigenvalue weighted by Crippen LogP contribution is -2.13. The SMILES string of the molecule is CCNCc1cc(Br)ccc1OCc1ncc(Cl)n1C. The van der Waals surface area contributed by atoms with Crippen LogP contribution in [0.25, 0.3) is 0 Å². The summed E-state index contributed by atoms with van der Waals surface area (Å²) < 4.78 is 8.72. The first kappa shape index (κ1) is 15.4. The Morgan fingerprint density at radius 3 is 2.90 bits per heavy atom. The Morgan fingerprint density at radius 1 is 1.45 bits per heavy atom. The molecule has 1 heterocycles. The van der Waals surface area contributed by atoms with Gasteiger partial charge in [0.1, 0.15) is 23.3 Å². The van der Waals surface area contributed by atoms with Crippen molar-refractivity contribution >= 4 is 27.5 Å². The van der Waals surface area contributed by atoms with E-state index in [0.717, 1.165) is 34.7 Å². The van der Waals surface area contributed by atoms with E-state index in [-0.39, 0.29) is 0 Å². The molecule has 0 fully saturated rings. The van der Waals surface area contributed by atoms with Crippen LogP contribution in [0.2, 0.25) is 5.15 Å². The lowest BCUT2D eigenvalue weighted by Gasteiger charge is -2.12. The molecule has 0 unspecified atom stereocenters. The molecule has 0 amide bonds. The summed E-state index contributed by atoms with van der Waals surface area (Å²) in [6, 6.07) is 5.99. The minimum absolute atomic E-state index is 0.393. The van der Waals surface area contributed by atoms with Crippen molar-refractivity contribution in [1.29, 1.82) is 0 Å². The van der Waals surface area contributed by atoms with E-state index >= 15 is 0 Å². The number of nitrogens with zero attached hydrogens (tertiary/aromatic N) is 2. The largest absolute Gasteiger partial charge is 0.485 e. The molecule has 0 bridgehead atoms. The highest BCUT2D eigenvalue weighted by atomic mass is 79.9. The Labute approximate surface area is 132 Å². The molecule has 0 radical (unpaired) electrons. The van der Waals surface area contributed by atoms with Crippen LogP contribution in [0, 0.1) is 0 Å². The van der Waals surface area contributed by atoms with Gasteiger partial charge in [-0.25, -0.2) is 4.98 Å². The molecule has 0 aliphatic carbocycles. The monoisotopic (exact) mass is 357 g/mol. The molecule has 1 aromatic carbocycles. The molecule has 1 N–H and O–H groups in total. The first-order chi connectivity index (χ1) is 9.61. The number of hydrogen-bond donors (Lipinski definition) is 1. The van der Waals surface area contributed by atoms with E-state index in [9.17, 15) is 0 Å². The Kier molecular flexibility index (Phi) is 5.46. The average Bonchev–Trinajstić information content (AvgIpc) is 2.75. The van der Waals surface area contributed by atoms with E-state index in [4.69, 9.17) is 16.3 Å². The van der Waals surface area contributed by atoms with Gasteiger partial charge in [0.2, 0.25) is 0 Å². The zero-order chi connectivity index (χ0) is 14.5. The van der Waals surface area contributed by atoms with Crippen LogP contribution in [-0.2, 0) is 20.2 Å². The molecular formula is C14H17BrClN3O. The number of halogens is 2. The van der Waals surface area contributed by atoms with Crippen molar-refractivity contribution in [2.45, 2.75) is 20.1 Å². The van der Waals surface area contributed by atoms with Crippen LogP contribution < -0.4 is 10.1 Å². The topological polar surface area (TPSA) is 39.1 Å². The Bertz CT molecular complexity index is 586. The van der Waals surface area contributed by atoms with E-state index in [1.165, 1.54) is 0 Å². The molecule has 0 saturated heterocycles. The summed E-state index contributed by atoms with van der Waals surface area (Å²) in [6.07, 6.45) is 1.63. The third-order valence-corrected chi connectivity index (χ3v) is 3.82. The Balaban J connectivity index is 2.10. The van der Waals surface area contributed by atoms with Gasteiger partial charge in [-0.2, -0.15) is 0 Å². The van der Waals surface area contributed by atoms with Crippen molar-refractivity contribution in [3.8, 4) is 5.75 Å². The van der Waals surface area contributed by atoms with E-state index in [2.05, 4.69) is 39.2 Å². The fourth-order valence-electron chi connectivity index (χ4n) is 1.79. The van der Waals surface area contributed by atoms with Crippen LogP contribution in [-0.4, -0.2) is 16.1 Å². The van der Waals surface area contributed by atoms with Gasteiger partial charge >= 0.3 is 0 Å². The maximum Gasteiger partial charge on any atom is 0.147 e. The van der Waals surface area contributed by atoms with Crippen LogP contribution in [0.3, 0.4) is 0 Å².